The van der Waals surface area contributed by atoms with Crippen molar-refractivity contribution in [2.45, 2.75) is 13.3 Å². The summed E-state index contributed by atoms with van der Waals surface area (Å²) in [5.74, 6) is 0.634. The van der Waals surface area contributed by atoms with E-state index in [1.807, 2.05) is 19.1 Å². The van der Waals surface area contributed by atoms with Crippen molar-refractivity contribution in [3.63, 3.8) is 0 Å². The molecular formula is C19H21IN2O5. The predicted molar refractivity (Wildman–Crippen MR) is 109 cm³/mol. The van der Waals surface area contributed by atoms with Crippen molar-refractivity contribution in [3.8, 4) is 17.2 Å². The van der Waals surface area contributed by atoms with Gasteiger partial charge in [-0.2, -0.15) is 0 Å². The first kappa shape index (κ1) is 20.8. The van der Waals surface area contributed by atoms with Gasteiger partial charge in [-0.25, -0.2) is 0 Å². The van der Waals surface area contributed by atoms with Gasteiger partial charge in [0.2, 0.25) is 0 Å². The number of halogens is 1. The van der Waals surface area contributed by atoms with Crippen molar-refractivity contribution in [1.29, 1.82) is 0 Å². The molecule has 2 amide bonds. The van der Waals surface area contributed by atoms with Gasteiger partial charge in [0.15, 0.2) is 18.1 Å². The highest BCUT2D eigenvalue weighted by Gasteiger charge is 2.12. The molecule has 2 rings (SSSR count). The van der Waals surface area contributed by atoms with Crippen LogP contribution in [-0.2, 0) is 4.79 Å². The second-order valence-electron chi connectivity index (χ2n) is 5.46. The molecular weight excluding hydrogens is 463 g/mol. The van der Waals surface area contributed by atoms with Crippen LogP contribution >= 0.6 is 22.6 Å². The molecule has 0 aliphatic heterocycles. The first-order chi connectivity index (χ1) is 13.0. The van der Waals surface area contributed by atoms with Gasteiger partial charge in [-0.1, -0.05) is 6.92 Å². The molecule has 144 valence electrons. The Kier molecular flexibility index (Phi) is 8.18. The minimum absolute atomic E-state index is 0.214. The number of benzene rings is 2. The number of nitrogens with one attached hydrogen (secondary N) is 2. The minimum atomic E-state index is -0.475. The number of carbonyl (C=O) groups excluding carboxylic acids is 2. The van der Waals surface area contributed by atoms with Crippen LogP contribution in [0.15, 0.2) is 42.5 Å². The SMILES string of the molecule is CCCOc1ccc(C(=O)NNC(=O)COc2ccc(I)cc2)cc1OC. The van der Waals surface area contributed by atoms with E-state index < -0.39 is 11.8 Å². The van der Waals surface area contributed by atoms with Crippen molar-refractivity contribution in [1.82, 2.24) is 10.9 Å². The molecule has 0 bridgehead atoms. The molecule has 0 spiro atoms. The Morgan fingerprint density at radius 1 is 1.00 bits per heavy atom. The van der Waals surface area contributed by atoms with E-state index in [0.717, 1.165) is 9.99 Å². The lowest BCUT2D eigenvalue weighted by molar-refractivity contribution is -0.123. The highest BCUT2D eigenvalue weighted by molar-refractivity contribution is 14.1. The summed E-state index contributed by atoms with van der Waals surface area (Å²) in [6.45, 7) is 2.34. The maximum absolute atomic E-state index is 12.2. The normalized spacial score (nSPS) is 10.0. The van der Waals surface area contributed by atoms with Crippen LogP contribution in [0.1, 0.15) is 23.7 Å². The van der Waals surface area contributed by atoms with Gasteiger partial charge in [0.05, 0.1) is 13.7 Å². The molecule has 0 saturated carbocycles. The van der Waals surface area contributed by atoms with Gasteiger partial charge in [-0.05, 0) is 71.5 Å². The molecule has 0 heterocycles. The highest BCUT2D eigenvalue weighted by atomic mass is 127. The first-order valence-corrected chi connectivity index (χ1v) is 9.39. The molecule has 0 aliphatic rings. The van der Waals surface area contributed by atoms with Crippen molar-refractivity contribution in [2.24, 2.45) is 0 Å². The quantitative estimate of drug-likeness (QED) is 0.445. The van der Waals surface area contributed by atoms with E-state index in [1.165, 1.54) is 7.11 Å². The number of hydrogen-bond donors (Lipinski definition) is 2. The Balaban J connectivity index is 1.85. The Bertz CT molecular complexity index is 780. The fraction of sp³-hybridized carbons (Fsp3) is 0.263. The zero-order chi connectivity index (χ0) is 19.6. The fourth-order valence-electron chi connectivity index (χ4n) is 2.05. The van der Waals surface area contributed by atoms with Crippen LogP contribution < -0.4 is 25.1 Å². The van der Waals surface area contributed by atoms with Crippen LogP contribution in [0.5, 0.6) is 17.2 Å². The summed E-state index contributed by atoms with van der Waals surface area (Å²) in [6, 6.07) is 12.1. The van der Waals surface area contributed by atoms with E-state index in [1.54, 1.807) is 30.3 Å². The molecule has 0 radical (unpaired) electrons. The molecule has 0 fully saturated rings. The summed E-state index contributed by atoms with van der Waals surface area (Å²) < 4.78 is 17.2. The number of hydrazine groups is 1. The maximum atomic E-state index is 12.2. The van der Waals surface area contributed by atoms with Crippen molar-refractivity contribution < 1.29 is 23.8 Å². The van der Waals surface area contributed by atoms with Crippen LogP contribution in [0, 0.1) is 3.57 Å². The molecule has 0 saturated heterocycles. The average molecular weight is 484 g/mol. The van der Waals surface area contributed by atoms with Gasteiger partial charge in [-0.15, -0.1) is 0 Å². The third kappa shape index (κ3) is 6.63. The van der Waals surface area contributed by atoms with Gasteiger partial charge >= 0.3 is 0 Å². The summed E-state index contributed by atoms with van der Waals surface area (Å²) in [7, 11) is 1.50. The Morgan fingerprint density at radius 3 is 2.41 bits per heavy atom. The average Bonchev–Trinajstić information content (AvgIpc) is 2.69. The maximum Gasteiger partial charge on any atom is 0.276 e. The number of rotatable bonds is 8. The second-order valence-corrected chi connectivity index (χ2v) is 6.70. The van der Waals surface area contributed by atoms with E-state index in [2.05, 4.69) is 33.4 Å². The molecule has 0 atom stereocenters. The van der Waals surface area contributed by atoms with Crippen molar-refractivity contribution in [3.05, 3.63) is 51.6 Å². The molecule has 2 aromatic carbocycles. The van der Waals surface area contributed by atoms with Crippen LogP contribution in [-0.4, -0.2) is 32.1 Å². The van der Waals surface area contributed by atoms with E-state index in [0.29, 0.717) is 29.4 Å². The van der Waals surface area contributed by atoms with Gasteiger partial charge in [-0.3, -0.25) is 20.4 Å². The van der Waals surface area contributed by atoms with E-state index in [9.17, 15) is 9.59 Å². The molecule has 0 unspecified atom stereocenters. The van der Waals surface area contributed by atoms with Crippen LogP contribution in [0.2, 0.25) is 0 Å². The van der Waals surface area contributed by atoms with E-state index >= 15 is 0 Å². The molecule has 27 heavy (non-hydrogen) atoms. The van der Waals surface area contributed by atoms with Gasteiger partial charge < -0.3 is 14.2 Å². The van der Waals surface area contributed by atoms with Gasteiger partial charge in [0, 0.05) is 9.13 Å². The zero-order valence-electron chi connectivity index (χ0n) is 15.1. The topological polar surface area (TPSA) is 85.9 Å². The van der Waals surface area contributed by atoms with Crippen molar-refractivity contribution in [2.75, 3.05) is 20.3 Å². The largest absolute Gasteiger partial charge is 0.493 e. The number of ether oxygens (including phenoxy) is 3. The van der Waals surface area contributed by atoms with Crippen LogP contribution in [0.25, 0.3) is 0 Å². The standard InChI is InChI=1S/C19H21IN2O5/c1-3-10-26-16-9-4-13(11-17(16)25-2)19(24)22-21-18(23)12-27-15-7-5-14(20)6-8-15/h4-9,11H,3,10,12H2,1-2H3,(H,21,23)(H,22,24). The lowest BCUT2D eigenvalue weighted by atomic mass is 10.2. The lowest BCUT2D eigenvalue weighted by Crippen LogP contribution is -2.43. The molecule has 7 nitrogen and oxygen atoms in total. The molecule has 2 aromatic rings. The van der Waals surface area contributed by atoms with Crippen molar-refractivity contribution >= 4 is 34.4 Å². The van der Waals surface area contributed by atoms with Crippen LogP contribution in [0.3, 0.4) is 0 Å². The molecule has 2 N–H and O–H groups in total. The summed E-state index contributed by atoms with van der Waals surface area (Å²) in [6.07, 6.45) is 0.863. The third-order valence-corrected chi connectivity index (χ3v) is 4.11. The fourth-order valence-corrected chi connectivity index (χ4v) is 2.41. The summed E-state index contributed by atoms with van der Waals surface area (Å²) in [5, 5.41) is 0. The van der Waals surface area contributed by atoms with E-state index in [4.69, 9.17) is 14.2 Å². The Hall–Kier alpha value is -2.49. The highest BCUT2D eigenvalue weighted by Crippen LogP contribution is 2.28. The van der Waals surface area contributed by atoms with Gasteiger partial charge in [0.1, 0.15) is 5.75 Å². The number of amides is 2. The second kappa shape index (κ2) is 10.6. The van der Waals surface area contributed by atoms with E-state index in [-0.39, 0.29) is 6.61 Å². The summed E-state index contributed by atoms with van der Waals surface area (Å²) in [5.41, 5.74) is 4.98. The molecule has 0 aliphatic carbocycles. The minimum Gasteiger partial charge on any atom is -0.493 e. The third-order valence-electron chi connectivity index (χ3n) is 3.39. The number of methoxy groups -OCH3 is 1. The summed E-state index contributed by atoms with van der Waals surface area (Å²) in [4.78, 5) is 24.0. The first-order valence-electron chi connectivity index (χ1n) is 8.32. The monoisotopic (exact) mass is 484 g/mol. The Labute approximate surface area is 171 Å². The van der Waals surface area contributed by atoms with Gasteiger partial charge in [0.25, 0.3) is 11.8 Å². The summed E-state index contributed by atoms with van der Waals surface area (Å²) >= 11 is 2.18. The Morgan fingerprint density at radius 2 is 1.74 bits per heavy atom. The smallest absolute Gasteiger partial charge is 0.276 e. The zero-order valence-corrected chi connectivity index (χ0v) is 17.2. The molecule has 8 heteroatoms. The number of carbonyl (C=O) groups is 2. The number of hydrogen-bond acceptors (Lipinski definition) is 5. The molecule has 0 aromatic heterocycles. The predicted octanol–water partition coefficient (Wildman–Crippen LogP) is 2.93. The van der Waals surface area contributed by atoms with Crippen LogP contribution in [0.4, 0.5) is 0 Å². The lowest BCUT2D eigenvalue weighted by Gasteiger charge is -2.12.